The lowest BCUT2D eigenvalue weighted by Crippen LogP contribution is -2.61. The van der Waals surface area contributed by atoms with Crippen molar-refractivity contribution in [1.29, 1.82) is 0 Å². The predicted octanol–water partition coefficient (Wildman–Crippen LogP) is 1.60. The first-order chi connectivity index (χ1) is 16.4. The summed E-state index contributed by atoms with van der Waals surface area (Å²) in [5, 5.41) is 2.49. The Morgan fingerprint density at radius 3 is 2.37 bits per heavy atom. The molecule has 1 aliphatic rings. The highest BCUT2D eigenvalue weighted by Gasteiger charge is 2.46. The normalized spacial score (nSPS) is 19.7. The average Bonchev–Trinajstić information content (AvgIpc) is 2.79. The Hall–Kier alpha value is -3.41. The standard InChI is InChI=1S/C23H28F3N3O6/c1-3-11-29(12-7-10-15-8-5-4-6-9-15)20(31)19-18(28-14(2)30)16(27)13-17(34-19)21(32)35-22(33)23(24,25)26/h4-6,8-9,13,16,18-19H,3,7,10-12,27H2,1-2H3,(H,28,30)/t16-,18+,19+/m0/s1. The molecular weight excluding hydrogens is 471 g/mol. The van der Waals surface area contributed by atoms with E-state index in [1.807, 2.05) is 37.3 Å². The number of halogens is 3. The number of nitrogens with one attached hydrogen (secondary N) is 1. The van der Waals surface area contributed by atoms with Gasteiger partial charge in [0.1, 0.15) is 0 Å². The SMILES string of the molecule is CCCN(CCCc1ccccc1)C(=O)[C@@H]1OC(C(=O)OC(=O)C(F)(F)F)=C[C@H](N)[C@H]1NC(C)=O. The lowest BCUT2D eigenvalue weighted by molar-refractivity contribution is -0.202. The summed E-state index contributed by atoms with van der Waals surface area (Å²) in [6.45, 7) is 3.68. The third kappa shape index (κ3) is 8.09. The van der Waals surface area contributed by atoms with Gasteiger partial charge in [-0.1, -0.05) is 37.3 Å². The van der Waals surface area contributed by atoms with E-state index in [9.17, 15) is 32.3 Å². The maximum Gasteiger partial charge on any atom is 0.491 e. The predicted molar refractivity (Wildman–Crippen MR) is 117 cm³/mol. The van der Waals surface area contributed by atoms with Crippen LogP contribution < -0.4 is 11.1 Å². The largest absolute Gasteiger partial charge is 0.491 e. The van der Waals surface area contributed by atoms with Gasteiger partial charge < -0.3 is 25.4 Å². The fourth-order valence-electron chi connectivity index (χ4n) is 3.55. The Kier molecular flexibility index (Phi) is 9.81. The molecule has 1 heterocycles. The molecule has 0 unspecified atom stereocenters. The van der Waals surface area contributed by atoms with Gasteiger partial charge in [0.15, 0.2) is 6.10 Å². The summed E-state index contributed by atoms with van der Waals surface area (Å²) < 4.78 is 46.6. The summed E-state index contributed by atoms with van der Waals surface area (Å²) in [7, 11) is 0. The Bertz CT molecular complexity index is 952. The van der Waals surface area contributed by atoms with Gasteiger partial charge in [-0.15, -0.1) is 0 Å². The number of benzene rings is 1. The number of hydrogen-bond donors (Lipinski definition) is 2. The molecule has 3 N–H and O–H groups in total. The number of carbonyl (C=O) groups excluding carboxylic acids is 4. The Morgan fingerprint density at radius 1 is 1.14 bits per heavy atom. The van der Waals surface area contributed by atoms with Gasteiger partial charge in [-0.25, -0.2) is 9.59 Å². The first-order valence-electron chi connectivity index (χ1n) is 11.0. The highest BCUT2D eigenvalue weighted by molar-refractivity contribution is 5.97. The van der Waals surface area contributed by atoms with Crippen LogP contribution in [-0.4, -0.2) is 66.1 Å². The molecule has 0 radical (unpaired) electrons. The summed E-state index contributed by atoms with van der Waals surface area (Å²) in [5.74, 6) is -6.45. The van der Waals surface area contributed by atoms with Crippen molar-refractivity contribution >= 4 is 23.8 Å². The van der Waals surface area contributed by atoms with E-state index in [-0.39, 0.29) is 0 Å². The second-order valence-electron chi connectivity index (χ2n) is 7.96. The van der Waals surface area contributed by atoms with Crippen LogP contribution in [0.15, 0.2) is 42.2 Å². The molecule has 2 rings (SSSR count). The molecule has 12 heteroatoms. The molecular formula is C23H28F3N3O6. The summed E-state index contributed by atoms with van der Waals surface area (Å²) in [6, 6.07) is 7.30. The Labute approximate surface area is 200 Å². The van der Waals surface area contributed by atoms with E-state index in [1.165, 1.54) is 11.8 Å². The van der Waals surface area contributed by atoms with Gasteiger partial charge in [0, 0.05) is 20.0 Å². The van der Waals surface area contributed by atoms with E-state index in [0.717, 1.165) is 11.6 Å². The van der Waals surface area contributed by atoms with Crippen molar-refractivity contribution in [1.82, 2.24) is 10.2 Å². The maximum atomic E-state index is 13.4. The molecule has 0 fully saturated rings. The highest BCUT2D eigenvalue weighted by atomic mass is 19.4. The number of alkyl halides is 3. The molecule has 1 aromatic rings. The molecule has 2 amide bonds. The van der Waals surface area contributed by atoms with Crippen molar-refractivity contribution < 1.29 is 41.8 Å². The van der Waals surface area contributed by atoms with Crippen molar-refractivity contribution in [2.24, 2.45) is 5.73 Å². The minimum Gasteiger partial charge on any atom is -0.471 e. The van der Waals surface area contributed by atoms with Crippen molar-refractivity contribution in [2.75, 3.05) is 13.1 Å². The zero-order valence-corrected chi connectivity index (χ0v) is 19.3. The summed E-state index contributed by atoms with van der Waals surface area (Å²) in [6.07, 6.45) is -4.15. The van der Waals surface area contributed by atoms with Crippen LogP contribution in [0.4, 0.5) is 13.2 Å². The smallest absolute Gasteiger partial charge is 0.471 e. The molecule has 0 aromatic heterocycles. The number of rotatable bonds is 9. The Morgan fingerprint density at radius 2 is 1.80 bits per heavy atom. The van der Waals surface area contributed by atoms with Crippen molar-refractivity contribution in [3.05, 3.63) is 47.7 Å². The first kappa shape index (κ1) is 27.8. The zero-order chi connectivity index (χ0) is 26.2. The third-order valence-corrected chi connectivity index (χ3v) is 5.11. The van der Waals surface area contributed by atoms with E-state index in [2.05, 4.69) is 10.1 Å². The summed E-state index contributed by atoms with van der Waals surface area (Å²) in [5.41, 5.74) is 7.07. The number of carbonyl (C=O) groups is 4. The number of hydrogen-bond acceptors (Lipinski definition) is 7. The van der Waals surface area contributed by atoms with E-state index < -0.39 is 53.9 Å². The van der Waals surface area contributed by atoms with E-state index in [4.69, 9.17) is 10.5 Å². The minimum atomic E-state index is -5.41. The molecule has 0 bridgehead atoms. The second-order valence-corrected chi connectivity index (χ2v) is 7.96. The van der Waals surface area contributed by atoms with Crippen molar-refractivity contribution in [3.8, 4) is 0 Å². The number of aryl methyl sites for hydroxylation is 1. The minimum absolute atomic E-state index is 0.319. The number of amides is 2. The van der Waals surface area contributed by atoms with Gasteiger partial charge in [-0.05, 0) is 30.9 Å². The van der Waals surface area contributed by atoms with Gasteiger partial charge in [-0.3, -0.25) is 9.59 Å². The maximum absolute atomic E-state index is 13.4. The average molecular weight is 499 g/mol. The number of ether oxygens (including phenoxy) is 2. The molecule has 1 aromatic carbocycles. The van der Waals surface area contributed by atoms with Gasteiger partial charge >= 0.3 is 18.1 Å². The molecule has 3 atom stereocenters. The molecule has 192 valence electrons. The fraction of sp³-hybridized carbons (Fsp3) is 0.478. The van der Waals surface area contributed by atoms with Crippen LogP contribution in [0.2, 0.25) is 0 Å². The van der Waals surface area contributed by atoms with Gasteiger partial charge in [0.25, 0.3) is 5.91 Å². The second kappa shape index (κ2) is 12.3. The van der Waals surface area contributed by atoms with Crippen molar-refractivity contribution in [2.45, 2.75) is 57.5 Å². The van der Waals surface area contributed by atoms with E-state index in [0.29, 0.717) is 32.4 Å². The number of nitrogens with zero attached hydrogens (tertiary/aromatic N) is 1. The summed E-state index contributed by atoms with van der Waals surface area (Å²) >= 11 is 0. The third-order valence-electron chi connectivity index (χ3n) is 5.11. The summed E-state index contributed by atoms with van der Waals surface area (Å²) in [4.78, 5) is 49.7. The van der Waals surface area contributed by atoms with Crippen LogP contribution in [0.3, 0.4) is 0 Å². The zero-order valence-electron chi connectivity index (χ0n) is 19.3. The Balaban J connectivity index is 2.21. The lowest BCUT2D eigenvalue weighted by atomic mass is 9.97. The van der Waals surface area contributed by atoms with Gasteiger partial charge in [-0.2, -0.15) is 13.2 Å². The van der Waals surface area contributed by atoms with E-state index >= 15 is 0 Å². The van der Waals surface area contributed by atoms with Crippen LogP contribution in [-0.2, 0) is 35.1 Å². The fourth-order valence-corrected chi connectivity index (χ4v) is 3.55. The lowest BCUT2D eigenvalue weighted by Gasteiger charge is -2.37. The monoisotopic (exact) mass is 499 g/mol. The molecule has 35 heavy (non-hydrogen) atoms. The molecule has 9 nitrogen and oxygen atoms in total. The highest BCUT2D eigenvalue weighted by Crippen LogP contribution is 2.23. The van der Waals surface area contributed by atoms with Crippen LogP contribution in [0.5, 0.6) is 0 Å². The molecule has 0 saturated carbocycles. The van der Waals surface area contributed by atoms with Crippen LogP contribution in [0, 0.1) is 0 Å². The topological polar surface area (TPSA) is 128 Å². The molecule has 1 aliphatic heterocycles. The number of nitrogens with two attached hydrogens (primary N) is 1. The first-order valence-corrected chi connectivity index (χ1v) is 11.0. The number of esters is 2. The van der Waals surface area contributed by atoms with E-state index in [1.54, 1.807) is 0 Å². The molecule has 0 spiro atoms. The van der Waals surface area contributed by atoms with Crippen LogP contribution >= 0.6 is 0 Å². The van der Waals surface area contributed by atoms with Gasteiger partial charge in [0.05, 0.1) is 12.1 Å². The quantitative estimate of drug-likeness (QED) is 0.390. The molecule has 0 aliphatic carbocycles. The van der Waals surface area contributed by atoms with Crippen LogP contribution in [0.25, 0.3) is 0 Å². The molecule has 0 saturated heterocycles. The van der Waals surface area contributed by atoms with Gasteiger partial charge in [0.2, 0.25) is 11.7 Å². The van der Waals surface area contributed by atoms with Crippen molar-refractivity contribution in [3.63, 3.8) is 0 Å². The van der Waals surface area contributed by atoms with Crippen LogP contribution in [0.1, 0.15) is 32.3 Å².